The van der Waals surface area contributed by atoms with Crippen LogP contribution in [0.25, 0.3) is 0 Å². The van der Waals surface area contributed by atoms with Gasteiger partial charge in [0.25, 0.3) is 0 Å². The Kier molecular flexibility index (Phi) is 3.81. The van der Waals surface area contributed by atoms with E-state index in [9.17, 15) is 0 Å². The second kappa shape index (κ2) is 4.90. The topological polar surface area (TPSA) is 12.0 Å². The van der Waals surface area contributed by atoms with Crippen LogP contribution in [0.5, 0.6) is 0 Å². The van der Waals surface area contributed by atoms with Crippen molar-refractivity contribution in [3.8, 4) is 0 Å². The molecule has 0 heterocycles. The molecule has 0 amide bonds. The highest BCUT2D eigenvalue weighted by molar-refractivity contribution is 5.55. The lowest BCUT2D eigenvalue weighted by Gasteiger charge is -2.10. The molecular formula is C12H18N. The summed E-state index contributed by atoms with van der Waals surface area (Å²) in [6.07, 6.45) is 2.44. The van der Waals surface area contributed by atoms with Gasteiger partial charge in [0.05, 0.1) is 0 Å². The number of rotatable bonds is 4. The molecule has 1 aromatic carbocycles. The summed E-state index contributed by atoms with van der Waals surface area (Å²) in [6.45, 7) is 9.37. The summed E-state index contributed by atoms with van der Waals surface area (Å²) in [4.78, 5) is 0. The second-order valence-electron chi connectivity index (χ2n) is 3.38. The minimum absolute atomic E-state index is 1.04. The highest BCUT2D eigenvalue weighted by atomic mass is 14.9. The van der Waals surface area contributed by atoms with Gasteiger partial charge in [-0.15, -0.1) is 0 Å². The van der Waals surface area contributed by atoms with E-state index in [4.69, 9.17) is 0 Å². The molecule has 0 saturated carbocycles. The van der Waals surface area contributed by atoms with Gasteiger partial charge in [0, 0.05) is 12.2 Å². The molecule has 0 unspecified atom stereocenters. The molecule has 0 aliphatic heterocycles. The molecule has 0 aromatic heterocycles. The number of anilines is 1. The average Bonchev–Trinajstić information content (AvgIpc) is 2.13. The molecule has 0 fully saturated rings. The van der Waals surface area contributed by atoms with Crippen molar-refractivity contribution in [2.75, 3.05) is 11.9 Å². The van der Waals surface area contributed by atoms with Crippen LogP contribution in [0.15, 0.2) is 18.2 Å². The van der Waals surface area contributed by atoms with E-state index in [0.29, 0.717) is 0 Å². The summed E-state index contributed by atoms with van der Waals surface area (Å²) in [5.74, 6) is 0. The summed E-state index contributed by atoms with van der Waals surface area (Å²) >= 11 is 0. The van der Waals surface area contributed by atoms with Gasteiger partial charge in [-0.1, -0.05) is 25.5 Å². The molecule has 1 rings (SSSR count). The third-order valence-electron chi connectivity index (χ3n) is 2.26. The Labute approximate surface area is 81.2 Å². The number of nitrogens with one attached hydrogen (secondary N) is 1. The largest absolute Gasteiger partial charge is 0.385 e. The lowest BCUT2D eigenvalue weighted by atomic mass is 10.1. The van der Waals surface area contributed by atoms with Crippen molar-refractivity contribution < 1.29 is 0 Å². The van der Waals surface area contributed by atoms with Crippen molar-refractivity contribution in [1.29, 1.82) is 0 Å². The third-order valence-corrected chi connectivity index (χ3v) is 2.26. The Morgan fingerprint density at radius 3 is 2.85 bits per heavy atom. The number of benzene rings is 1. The van der Waals surface area contributed by atoms with Gasteiger partial charge in [-0.25, -0.2) is 0 Å². The zero-order chi connectivity index (χ0) is 9.68. The monoisotopic (exact) mass is 176 g/mol. The van der Waals surface area contributed by atoms with Gasteiger partial charge in [0.15, 0.2) is 0 Å². The van der Waals surface area contributed by atoms with E-state index < -0.39 is 0 Å². The molecule has 71 valence electrons. The maximum atomic E-state index is 4.04. The van der Waals surface area contributed by atoms with E-state index in [1.54, 1.807) is 0 Å². The van der Waals surface area contributed by atoms with Crippen LogP contribution >= 0.6 is 0 Å². The molecule has 1 N–H and O–H groups in total. The molecular weight excluding hydrogens is 158 g/mol. The molecule has 1 heteroatoms. The van der Waals surface area contributed by atoms with Crippen LogP contribution in [0, 0.1) is 13.8 Å². The zero-order valence-electron chi connectivity index (χ0n) is 8.56. The number of hydrogen-bond acceptors (Lipinski definition) is 1. The summed E-state index contributed by atoms with van der Waals surface area (Å²) in [7, 11) is 0. The van der Waals surface area contributed by atoms with Gasteiger partial charge < -0.3 is 5.32 Å². The quantitative estimate of drug-likeness (QED) is 0.693. The zero-order valence-corrected chi connectivity index (χ0v) is 8.56. The number of unbranched alkanes of at least 4 members (excludes halogenated alkanes) is 1. The standard InChI is InChI=1S/C12H18N/c1-4-5-9-13-12-8-6-7-10(2)11(12)3/h6-8,13H,3-5,9H2,1-2H3. The van der Waals surface area contributed by atoms with E-state index in [1.807, 2.05) is 0 Å². The smallest absolute Gasteiger partial charge is 0.0375 e. The normalized spacial score (nSPS) is 10.1. The first kappa shape index (κ1) is 10.1. The lowest BCUT2D eigenvalue weighted by Crippen LogP contribution is -2.02. The molecule has 1 nitrogen and oxygen atoms in total. The molecule has 0 spiro atoms. The SMILES string of the molecule is [CH2]c1c(C)cccc1NCCCC. The first-order valence-electron chi connectivity index (χ1n) is 4.91. The maximum absolute atomic E-state index is 4.04. The van der Waals surface area contributed by atoms with Crippen LogP contribution in [0.1, 0.15) is 30.9 Å². The maximum Gasteiger partial charge on any atom is 0.0375 e. The fourth-order valence-electron chi connectivity index (χ4n) is 1.27. The van der Waals surface area contributed by atoms with Crippen molar-refractivity contribution in [3.05, 3.63) is 36.2 Å². The molecule has 1 radical (unpaired) electrons. The molecule has 0 saturated heterocycles. The van der Waals surface area contributed by atoms with Crippen LogP contribution in [-0.2, 0) is 0 Å². The van der Waals surface area contributed by atoms with Crippen LogP contribution in [-0.4, -0.2) is 6.54 Å². The first-order valence-corrected chi connectivity index (χ1v) is 4.91. The average molecular weight is 176 g/mol. The Balaban J connectivity index is 2.61. The molecule has 0 bridgehead atoms. The minimum atomic E-state index is 1.04. The van der Waals surface area contributed by atoms with E-state index in [2.05, 4.69) is 44.3 Å². The van der Waals surface area contributed by atoms with E-state index in [-0.39, 0.29) is 0 Å². The fraction of sp³-hybridized carbons (Fsp3) is 0.417. The summed E-state index contributed by atoms with van der Waals surface area (Å²) in [5, 5.41) is 3.39. The van der Waals surface area contributed by atoms with Gasteiger partial charge in [-0.3, -0.25) is 0 Å². The van der Waals surface area contributed by atoms with Crippen LogP contribution in [0.2, 0.25) is 0 Å². The van der Waals surface area contributed by atoms with E-state index in [1.165, 1.54) is 24.1 Å². The van der Waals surface area contributed by atoms with Crippen molar-refractivity contribution in [2.24, 2.45) is 0 Å². The van der Waals surface area contributed by atoms with Gasteiger partial charge >= 0.3 is 0 Å². The highest BCUT2D eigenvalue weighted by Gasteiger charge is 1.98. The lowest BCUT2D eigenvalue weighted by molar-refractivity contribution is 0.834. The molecule has 13 heavy (non-hydrogen) atoms. The van der Waals surface area contributed by atoms with Gasteiger partial charge in [-0.2, -0.15) is 0 Å². The summed E-state index contributed by atoms with van der Waals surface area (Å²) in [6, 6.07) is 6.25. The fourth-order valence-corrected chi connectivity index (χ4v) is 1.27. The third kappa shape index (κ3) is 2.76. The Bertz CT molecular complexity index is 266. The van der Waals surface area contributed by atoms with Crippen LogP contribution in [0.3, 0.4) is 0 Å². The van der Waals surface area contributed by atoms with Crippen molar-refractivity contribution in [1.82, 2.24) is 0 Å². The highest BCUT2D eigenvalue weighted by Crippen LogP contribution is 2.17. The van der Waals surface area contributed by atoms with Gasteiger partial charge in [0.2, 0.25) is 0 Å². The number of hydrogen-bond donors (Lipinski definition) is 1. The molecule has 0 aliphatic carbocycles. The van der Waals surface area contributed by atoms with Crippen molar-refractivity contribution in [3.63, 3.8) is 0 Å². The van der Waals surface area contributed by atoms with Crippen LogP contribution < -0.4 is 5.32 Å². The first-order chi connectivity index (χ1) is 6.25. The predicted octanol–water partition coefficient (Wildman–Crippen LogP) is 3.39. The molecule has 0 atom stereocenters. The predicted molar refractivity (Wildman–Crippen MR) is 59.0 cm³/mol. The second-order valence-corrected chi connectivity index (χ2v) is 3.38. The van der Waals surface area contributed by atoms with E-state index >= 15 is 0 Å². The van der Waals surface area contributed by atoms with Crippen LogP contribution in [0.4, 0.5) is 5.69 Å². The van der Waals surface area contributed by atoms with Crippen molar-refractivity contribution >= 4 is 5.69 Å². The Morgan fingerprint density at radius 2 is 2.15 bits per heavy atom. The summed E-state index contributed by atoms with van der Waals surface area (Å²) < 4.78 is 0. The Hall–Kier alpha value is -0.980. The minimum Gasteiger partial charge on any atom is -0.385 e. The summed E-state index contributed by atoms with van der Waals surface area (Å²) in [5.41, 5.74) is 3.55. The molecule has 1 aromatic rings. The van der Waals surface area contributed by atoms with Gasteiger partial charge in [-0.05, 0) is 37.5 Å². The Morgan fingerprint density at radius 1 is 1.38 bits per heavy atom. The van der Waals surface area contributed by atoms with Crippen molar-refractivity contribution in [2.45, 2.75) is 26.7 Å². The molecule has 0 aliphatic rings. The van der Waals surface area contributed by atoms with Gasteiger partial charge in [0.1, 0.15) is 0 Å². The number of aryl methyl sites for hydroxylation is 1. The van der Waals surface area contributed by atoms with E-state index in [0.717, 1.165) is 12.1 Å².